The molecule has 0 atom stereocenters. The largest absolute Gasteiger partial charge is 0.318 e. The Morgan fingerprint density at radius 3 is 2.60 bits per heavy atom. The highest BCUT2D eigenvalue weighted by Crippen LogP contribution is 2.15. The molecular formula is C18H16N6S. The van der Waals surface area contributed by atoms with Gasteiger partial charge < -0.3 is 4.57 Å². The minimum absolute atomic E-state index is 0.864. The van der Waals surface area contributed by atoms with Gasteiger partial charge in [0.2, 0.25) is 4.80 Å². The van der Waals surface area contributed by atoms with Crippen molar-refractivity contribution >= 4 is 27.3 Å². The first-order valence-corrected chi connectivity index (χ1v) is 8.62. The van der Waals surface area contributed by atoms with E-state index in [1.807, 2.05) is 50.4 Å². The number of hydrogen-bond acceptors (Lipinski definition) is 5. The molecule has 0 fully saturated rings. The van der Waals surface area contributed by atoms with E-state index >= 15 is 0 Å². The van der Waals surface area contributed by atoms with Gasteiger partial charge in [-0.1, -0.05) is 35.6 Å². The van der Waals surface area contributed by atoms with Gasteiger partial charge in [0, 0.05) is 7.05 Å². The molecule has 0 aliphatic heterocycles. The Morgan fingerprint density at radius 2 is 1.88 bits per heavy atom. The number of rotatable bonds is 3. The van der Waals surface area contributed by atoms with Crippen LogP contribution >= 0.6 is 11.3 Å². The number of aryl methyl sites for hydroxylation is 1. The van der Waals surface area contributed by atoms with E-state index in [2.05, 4.69) is 37.0 Å². The molecule has 0 radical (unpaired) electrons. The third kappa shape index (κ3) is 3.01. The highest BCUT2D eigenvalue weighted by atomic mass is 32.1. The van der Waals surface area contributed by atoms with Crippen molar-refractivity contribution in [3.8, 4) is 5.69 Å². The normalized spacial score (nSPS) is 12.9. The summed E-state index contributed by atoms with van der Waals surface area (Å²) in [7, 11) is 2.01. The van der Waals surface area contributed by atoms with Gasteiger partial charge >= 0.3 is 0 Å². The van der Waals surface area contributed by atoms with Crippen molar-refractivity contribution in [2.45, 2.75) is 6.92 Å². The molecule has 0 N–H and O–H groups in total. The van der Waals surface area contributed by atoms with Crippen LogP contribution in [0.5, 0.6) is 0 Å². The van der Waals surface area contributed by atoms with Gasteiger partial charge in [-0.2, -0.15) is 10.2 Å². The maximum atomic E-state index is 4.43. The summed E-state index contributed by atoms with van der Waals surface area (Å²) >= 11 is 1.63. The lowest BCUT2D eigenvalue weighted by molar-refractivity contribution is 0.878. The number of nitrogens with zero attached hydrogens (tertiary/aromatic N) is 6. The summed E-state index contributed by atoms with van der Waals surface area (Å²) < 4.78 is 4.98. The number of hydrogen-bond donors (Lipinski definition) is 0. The van der Waals surface area contributed by atoms with Gasteiger partial charge in [-0.25, -0.2) is 9.67 Å². The Bertz CT molecular complexity index is 1100. The average Bonchev–Trinajstić information content (AvgIpc) is 3.29. The molecule has 0 aliphatic rings. The van der Waals surface area contributed by atoms with Gasteiger partial charge in [-0.3, -0.25) is 0 Å². The van der Waals surface area contributed by atoms with Crippen molar-refractivity contribution in [1.29, 1.82) is 0 Å². The predicted molar refractivity (Wildman–Crippen MR) is 99.9 cm³/mol. The summed E-state index contributed by atoms with van der Waals surface area (Å²) in [5, 5.41) is 13.0. The van der Waals surface area contributed by atoms with Crippen LogP contribution in [0.2, 0.25) is 0 Å². The van der Waals surface area contributed by atoms with E-state index in [-0.39, 0.29) is 0 Å². The standard InChI is InChI=1S/C18H16N6S/c1-13(14-7-9-15(10-8-14)24-12-19-11-20-24)21-22-18-23(2)16-5-3-4-6-17(16)25-18/h3-12H,1-2H3/b21-13+,22-18-. The summed E-state index contributed by atoms with van der Waals surface area (Å²) in [5.74, 6) is 0. The zero-order valence-corrected chi connectivity index (χ0v) is 14.7. The molecule has 4 rings (SSSR count). The number of aromatic nitrogens is 4. The quantitative estimate of drug-likeness (QED) is 0.422. The van der Waals surface area contributed by atoms with Crippen molar-refractivity contribution in [2.24, 2.45) is 17.3 Å². The molecule has 0 bridgehead atoms. The predicted octanol–water partition coefficient (Wildman–Crippen LogP) is 3.15. The molecule has 2 aromatic heterocycles. The zero-order chi connectivity index (χ0) is 17.2. The first-order chi connectivity index (χ1) is 12.2. The van der Waals surface area contributed by atoms with Crippen LogP contribution < -0.4 is 4.80 Å². The van der Waals surface area contributed by atoms with E-state index in [9.17, 15) is 0 Å². The Hall–Kier alpha value is -3.06. The lowest BCUT2D eigenvalue weighted by Crippen LogP contribution is -2.09. The molecule has 4 aromatic rings. The molecule has 0 amide bonds. The van der Waals surface area contributed by atoms with Crippen molar-refractivity contribution in [3.63, 3.8) is 0 Å². The topological polar surface area (TPSA) is 60.4 Å². The molecule has 6 nitrogen and oxygen atoms in total. The minimum Gasteiger partial charge on any atom is -0.318 e. The fourth-order valence-electron chi connectivity index (χ4n) is 2.55. The highest BCUT2D eigenvalue weighted by Gasteiger charge is 2.02. The molecule has 2 aromatic carbocycles. The maximum Gasteiger partial charge on any atom is 0.211 e. The number of benzene rings is 2. The molecule has 124 valence electrons. The molecule has 0 spiro atoms. The zero-order valence-electron chi connectivity index (χ0n) is 13.9. The second-order valence-corrected chi connectivity index (χ2v) is 6.59. The molecule has 2 heterocycles. The van der Waals surface area contributed by atoms with Gasteiger partial charge in [0.25, 0.3) is 0 Å². The van der Waals surface area contributed by atoms with Crippen LogP contribution in [0, 0.1) is 0 Å². The van der Waals surface area contributed by atoms with Crippen LogP contribution in [0.4, 0.5) is 0 Å². The first-order valence-electron chi connectivity index (χ1n) is 7.81. The fraction of sp³-hybridized carbons (Fsp3) is 0.111. The molecule has 25 heavy (non-hydrogen) atoms. The van der Waals surface area contributed by atoms with E-state index in [1.54, 1.807) is 22.3 Å². The van der Waals surface area contributed by atoms with Crippen LogP contribution in [0.15, 0.2) is 71.4 Å². The van der Waals surface area contributed by atoms with Crippen molar-refractivity contribution in [2.75, 3.05) is 0 Å². The molecule has 0 aliphatic carbocycles. The third-order valence-corrected chi connectivity index (χ3v) is 5.07. The first kappa shape index (κ1) is 15.5. The molecule has 7 heteroatoms. The molecule has 0 saturated heterocycles. The fourth-order valence-corrected chi connectivity index (χ4v) is 3.52. The monoisotopic (exact) mass is 348 g/mol. The van der Waals surface area contributed by atoms with Gasteiger partial charge in [0.15, 0.2) is 0 Å². The lowest BCUT2D eigenvalue weighted by atomic mass is 10.1. The summed E-state index contributed by atoms with van der Waals surface area (Å²) in [5.41, 5.74) is 4.01. The summed E-state index contributed by atoms with van der Waals surface area (Å²) in [6.07, 6.45) is 3.19. The maximum absolute atomic E-state index is 4.43. The van der Waals surface area contributed by atoms with Gasteiger partial charge in [0.05, 0.1) is 21.6 Å². The minimum atomic E-state index is 0.864. The van der Waals surface area contributed by atoms with E-state index in [1.165, 1.54) is 11.0 Å². The van der Waals surface area contributed by atoms with E-state index < -0.39 is 0 Å². The molecule has 0 unspecified atom stereocenters. The SMILES string of the molecule is C/C(=N\N=c1/sc2ccccc2n1C)c1ccc(-n2cncn2)cc1. The van der Waals surface area contributed by atoms with Crippen LogP contribution in [0.3, 0.4) is 0 Å². The smallest absolute Gasteiger partial charge is 0.211 e. The second kappa shape index (κ2) is 6.45. The van der Waals surface area contributed by atoms with Crippen LogP contribution in [-0.2, 0) is 7.05 Å². The van der Waals surface area contributed by atoms with Crippen molar-refractivity contribution in [1.82, 2.24) is 19.3 Å². The van der Waals surface area contributed by atoms with E-state index in [0.29, 0.717) is 0 Å². The number of thiazole rings is 1. The summed E-state index contributed by atoms with van der Waals surface area (Å²) in [4.78, 5) is 4.83. The van der Waals surface area contributed by atoms with Crippen molar-refractivity contribution in [3.05, 3.63) is 71.6 Å². The van der Waals surface area contributed by atoms with Crippen LogP contribution in [-0.4, -0.2) is 25.0 Å². The molecule has 0 saturated carbocycles. The van der Waals surface area contributed by atoms with Crippen LogP contribution in [0.1, 0.15) is 12.5 Å². The van der Waals surface area contributed by atoms with Crippen molar-refractivity contribution < 1.29 is 0 Å². The Balaban J connectivity index is 1.65. The number of fused-ring (bicyclic) bond motifs is 1. The molecular weight excluding hydrogens is 332 g/mol. The van der Waals surface area contributed by atoms with Crippen LogP contribution in [0.25, 0.3) is 15.9 Å². The van der Waals surface area contributed by atoms with Gasteiger partial charge in [-0.05, 0) is 36.8 Å². The number of para-hydroxylation sites is 1. The Kier molecular flexibility index (Phi) is 3.99. The van der Waals surface area contributed by atoms with E-state index in [4.69, 9.17) is 0 Å². The summed E-state index contributed by atoms with van der Waals surface area (Å²) in [6.45, 7) is 1.96. The van der Waals surface area contributed by atoms with Gasteiger partial charge in [-0.15, -0.1) is 5.10 Å². The third-order valence-electron chi connectivity index (χ3n) is 3.97. The highest BCUT2D eigenvalue weighted by molar-refractivity contribution is 7.16. The Morgan fingerprint density at radius 1 is 1.08 bits per heavy atom. The van der Waals surface area contributed by atoms with E-state index in [0.717, 1.165) is 27.3 Å². The average molecular weight is 348 g/mol. The van der Waals surface area contributed by atoms with Gasteiger partial charge in [0.1, 0.15) is 12.7 Å². The second-order valence-electron chi connectivity index (χ2n) is 5.58. The lowest BCUT2D eigenvalue weighted by Gasteiger charge is -2.02. The Labute approximate surface area is 148 Å². The summed E-state index contributed by atoms with van der Waals surface area (Å²) in [6, 6.07) is 16.2.